The van der Waals surface area contributed by atoms with Gasteiger partial charge >= 0.3 is 0 Å². The highest BCUT2D eigenvalue weighted by Crippen LogP contribution is 2.23. The van der Waals surface area contributed by atoms with Crippen LogP contribution in [0.2, 0.25) is 0 Å². The number of sulfonamides is 1. The molecule has 0 aliphatic rings. The van der Waals surface area contributed by atoms with E-state index in [0.717, 1.165) is 11.1 Å². The fraction of sp³-hybridized carbons (Fsp3) is 0.368. The summed E-state index contributed by atoms with van der Waals surface area (Å²) in [6.07, 6.45) is 0.539. The molecule has 136 valence electrons. The average molecular weight is 363 g/mol. The third-order valence-corrected chi connectivity index (χ3v) is 5.45. The third kappa shape index (κ3) is 5.21. The lowest BCUT2D eigenvalue weighted by Crippen LogP contribution is -2.26. The maximum Gasteiger partial charge on any atom is 0.240 e. The highest BCUT2D eigenvalue weighted by atomic mass is 32.2. The first-order valence-corrected chi connectivity index (χ1v) is 9.65. The Hall–Kier alpha value is -2.05. The molecule has 0 unspecified atom stereocenters. The molecule has 5 nitrogen and oxygen atoms in total. The SMILES string of the molecule is COc1cc(CCNS(=O)(=O)c2ccc(C(C)C)cc2)cc(OC)c1. The molecule has 0 saturated heterocycles. The van der Waals surface area contributed by atoms with Crippen LogP contribution < -0.4 is 14.2 Å². The Bertz CT molecular complexity index is 776. The Labute approximate surface area is 150 Å². The van der Waals surface area contributed by atoms with E-state index in [-0.39, 0.29) is 4.90 Å². The van der Waals surface area contributed by atoms with Crippen LogP contribution in [0.1, 0.15) is 30.9 Å². The van der Waals surface area contributed by atoms with E-state index < -0.39 is 10.0 Å². The van der Waals surface area contributed by atoms with Crippen molar-refractivity contribution < 1.29 is 17.9 Å². The smallest absolute Gasteiger partial charge is 0.240 e. The molecule has 0 aliphatic heterocycles. The van der Waals surface area contributed by atoms with Crippen molar-refractivity contribution in [2.45, 2.75) is 31.1 Å². The second kappa shape index (κ2) is 8.36. The molecule has 25 heavy (non-hydrogen) atoms. The van der Waals surface area contributed by atoms with Gasteiger partial charge in [0.05, 0.1) is 19.1 Å². The fourth-order valence-electron chi connectivity index (χ4n) is 2.46. The molecular weight excluding hydrogens is 338 g/mol. The standard InChI is InChI=1S/C19H25NO4S/c1-14(2)16-5-7-19(8-6-16)25(21,22)20-10-9-15-11-17(23-3)13-18(12-15)24-4/h5-8,11-14,20H,9-10H2,1-4H3. The molecule has 0 amide bonds. The van der Waals surface area contributed by atoms with Crippen molar-refractivity contribution in [3.63, 3.8) is 0 Å². The second-order valence-corrected chi connectivity index (χ2v) is 7.86. The molecule has 6 heteroatoms. The van der Waals surface area contributed by atoms with E-state index in [4.69, 9.17) is 9.47 Å². The number of methoxy groups -OCH3 is 2. The van der Waals surface area contributed by atoms with Gasteiger partial charge in [-0.2, -0.15) is 0 Å². The molecule has 2 aromatic rings. The summed E-state index contributed by atoms with van der Waals surface area (Å²) in [5.41, 5.74) is 2.05. The van der Waals surface area contributed by atoms with Crippen LogP contribution in [-0.2, 0) is 16.4 Å². The molecule has 0 saturated carbocycles. The fourth-order valence-corrected chi connectivity index (χ4v) is 3.49. The normalized spacial score (nSPS) is 11.6. The molecule has 0 aliphatic carbocycles. The first-order chi connectivity index (χ1) is 11.9. The minimum atomic E-state index is -3.52. The molecule has 0 aromatic heterocycles. The van der Waals surface area contributed by atoms with E-state index in [1.54, 1.807) is 32.4 Å². The predicted molar refractivity (Wildman–Crippen MR) is 99.0 cm³/mol. The largest absolute Gasteiger partial charge is 0.497 e. The van der Waals surface area contributed by atoms with Gasteiger partial charge in [-0.25, -0.2) is 13.1 Å². The zero-order valence-corrected chi connectivity index (χ0v) is 15.9. The van der Waals surface area contributed by atoms with Gasteiger partial charge in [-0.1, -0.05) is 26.0 Å². The van der Waals surface area contributed by atoms with Crippen LogP contribution in [0.15, 0.2) is 47.4 Å². The monoisotopic (exact) mass is 363 g/mol. The minimum absolute atomic E-state index is 0.278. The van der Waals surface area contributed by atoms with Crippen LogP contribution in [0.25, 0.3) is 0 Å². The molecule has 0 atom stereocenters. The quantitative estimate of drug-likeness (QED) is 0.781. The summed E-state index contributed by atoms with van der Waals surface area (Å²) in [5, 5.41) is 0. The molecule has 0 spiro atoms. The highest BCUT2D eigenvalue weighted by molar-refractivity contribution is 7.89. The van der Waals surface area contributed by atoms with Gasteiger partial charge in [-0.05, 0) is 47.7 Å². The zero-order valence-electron chi connectivity index (χ0n) is 15.1. The predicted octanol–water partition coefficient (Wildman–Crippen LogP) is 3.35. The maximum atomic E-state index is 12.4. The lowest BCUT2D eigenvalue weighted by atomic mass is 10.0. The van der Waals surface area contributed by atoms with Crippen LogP contribution in [-0.4, -0.2) is 29.2 Å². The summed E-state index contributed by atoms with van der Waals surface area (Å²) in [7, 11) is -0.346. The Kier molecular flexibility index (Phi) is 6.45. The van der Waals surface area contributed by atoms with E-state index in [1.807, 2.05) is 24.3 Å². The van der Waals surface area contributed by atoms with E-state index in [0.29, 0.717) is 30.4 Å². The summed E-state index contributed by atoms with van der Waals surface area (Å²) >= 11 is 0. The molecule has 2 rings (SSSR count). The third-order valence-electron chi connectivity index (χ3n) is 3.97. The van der Waals surface area contributed by atoms with E-state index in [2.05, 4.69) is 18.6 Å². The first-order valence-electron chi connectivity index (χ1n) is 8.17. The molecule has 2 aromatic carbocycles. The van der Waals surface area contributed by atoms with Crippen molar-refractivity contribution in [3.05, 3.63) is 53.6 Å². The van der Waals surface area contributed by atoms with Crippen LogP contribution in [0, 0.1) is 0 Å². The van der Waals surface area contributed by atoms with Gasteiger partial charge in [-0.3, -0.25) is 0 Å². The molecular formula is C19H25NO4S. The number of ether oxygens (including phenoxy) is 2. The van der Waals surface area contributed by atoms with Gasteiger partial charge < -0.3 is 9.47 Å². The van der Waals surface area contributed by atoms with Gasteiger partial charge in [0, 0.05) is 12.6 Å². The van der Waals surface area contributed by atoms with E-state index in [1.165, 1.54) is 0 Å². The van der Waals surface area contributed by atoms with Crippen molar-refractivity contribution in [3.8, 4) is 11.5 Å². The Morgan fingerprint density at radius 3 is 2.00 bits per heavy atom. The molecule has 0 radical (unpaired) electrons. The van der Waals surface area contributed by atoms with Gasteiger partial charge in [0.15, 0.2) is 0 Å². The van der Waals surface area contributed by atoms with E-state index in [9.17, 15) is 8.42 Å². The average Bonchev–Trinajstić information content (AvgIpc) is 2.61. The van der Waals surface area contributed by atoms with Gasteiger partial charge in [0.2, 0.25) is 10.0 Å². The minimum Gasteiger partial charge on any atom is -0.497 e. The topological polar surface area (TPSA) is 64.6 Å². The maximum absolute atomic E-state index is 12.4. The summed E-state index contributed by atoms with van der Waals surface area (Å²) < 4.78 is 37.9. The lowest BCUT2D eigenvalue weighted by Gasteiger charge is -2.11. The van der Waals surface area contributed by atoms with E-state index >= 15 is 0 Å². The Morgan fingerprint density at radius 2 is 1.52 bits per heavy atom. The summed E-state index contributed by atoms with van der Waals surface area (Å²) in [6, 6.07) is 12.5. The Morgan fingerprint density at radius 1 is 0.960 bits per heavy atom. The molecule has 1 N–H and O–H groups in total. The van der Waals surface area contributed by atoms with Gasteiger partial charge in [0.25, 0.3) is 0 Å². The number of nitrogens with one attached hydrogen (secondary N) is 1. The van der Waals surface area contributed by atoms with Crippen molar-refractivity contribution in [1.29, 1.82) is 0 Å². The van der Waals surface area contributed by atoms with Crippen LogP contribution in [0.3, 0.4) is 0 Å². The summed E-state index contributed by atoms with van der Waals surface area (Å²) in [6.45, 7) is 4.44. The molecule has 0 bridgehead atoms. The van der Waals surface area contributed by atoms with Crippen molar-refractivity contribution in [1.82, 2.24) is 4.72 Å². The van der Waals surface area contributed by atoms with Crippen LogP contribution in [0.5, 0.6) is 11.5 Å². The Balaban J connectivity index is 2.02. The van der Waals surface area contributed by atoms with Crippen LogP contribution in [0.4, 0.5) is 0 Å². The van der Waals surface area contributed by atoms with Crippen LogP contribution >= 0.6 is 0 Å². The van der Waals surface area contributed by atoms with Crippen molar-refractivity contribution >= 4 is 10.0 Å². The zero-order chi connectivity index (χ0) is 18.4. The van der Waals surface area contributed by atoms with Crippen molar-refractivity contribution in [2.24, 2.45) is 0 Å². The number of benzene rings is 2. The number of hydrogen-bond acceptors (Lipinski definition) is 4. The number of hydrogen-bond donors (Lipinski definition) is 1. The van der Waals surface area contributed by atoms with Crippen molar-refractivity contribution in [2.75, 3.05) is 20.8 Å². The lowest BCUT2D eigenvalue weighted by molar-refractivity contribution is 0.393. The molecule has 0 heterocycles. The highest BCUT2D eigenvalue weighted by Gasteiger charge is 2.14. The van der Waals surface area contributed by atoms with Gasteiger partial charge in [-0.15, -0.1) is 0 Å². The summed E-state index contributed by atoms with van der Waals surface area (Å²) in [4.78, 5) is 0.278. The number of rotatable bonds is 8. The first kappa shape index (κ1) is 19.3. The van der Waals surface area contributed by atoms with Gasteiger partial charge in [0.1, 0.15) is 11.5 Å². The molecule has 0 fully saturated rings. The summed E-state index contributed by atoms with van der Waals surface area (Å²) in [5.74, 6) is 1.73. The second-order valence-electron chi connectivity index (χ2n) is 6.09.